The van der Waals surface area contributed by atoms with E-state index in [1.54, 1.807) is 6.92 Å². The zero-order valence-corrected chi connectivity index (χ0v) is 11.9. The fourth-order valence-electron chi connectivity index (χ4n) is 1.71. The molecular formula is C15H12BrFO2. The van der Waals surface area contributed by atoms with Gasteiger partial charge >= 0.3 is 5.97 Å². The molecule has 0 amide bonds. The minimum Gasteiger partial charge on any atom is -0.457 e. The third kappa shape index (κ3) is 3.64. The summed E-state index contributed by atoms with van der Waals surface area (Å²) in [6.45, 7) is 1.87. The van der Waals surface area contributed by atoms with E-state index in [1.165, 1.54) is 18.2 Å². The highest BCUT2D eigenvalue weighted by Crippen LogP contribution is 2.15. The second-order valence-electron chi connectivity index (χ2n) is 4.17. The molecule has 0 radical (unpaired) electrons. The van der Waals surface area contributed by atoms with E-state index in [0.717, 1.165) is 10.0 Å². The van der Waals surface area contributed by atoms with E-state index in [1.807, 2.05) is 24.3 Å². The van der Waals surface area contributed by atoms with E-state index in [9.17, 15) is 9.18 Å². The van der Waals surface area contributed by atoms with Gasteiger partial charge in [-0.3, -0.25) is 0 Å². The maximum absolute atomic E-state index is 12.9. The van der Waals surface area contributed by atoms with Crippen LogP contribution in [-0.4, -0.2) is 5.97 Å². The lowest BCUT2D eigenvalue weighted by atomic mass is 10.1. The van der Waals surface area contributed by atoms with Crippen molar-refractivity contribution in [3.63, 3.8) is 0 Å². The van der Waals surface area contributed by atoms with Crippen LogP contribution in [0.3, 0.4) is 0 Å². The number of benzene rings is 2. The number of rotatable bonds is 3. The van der Waals surface area contributed by atoms with Gasteiger partial charge in [0.05, 0.1) is 5.56 Å². The molecule has 0 spiro atoms. The van der Waals surface area contributed by atoms with Gasteiger partial charge in [0, 0.05) is 4.47 Å². The maximum atomic E-state index is 12.9. The van der Waals surface area contributed by atoms with Crippen molar-refractivity contribution >= 4 is 21.9 Å². The second-order valence-corrected chi connectivity index (χ2v) is 5.08. The van der Waals surface area contributed by atoms with Crippen LogP contribution in [0.15, 0.2) is 46.9 Å². The summed E-state index contributed by atoms with van der Waals surface area (Å²) < 4.78 is 19.1. The average molecular weight is 323 g/mol. The van der Waals surface area contributed by atoms with Gasteiger partial charge < -0.3 is 4.74 Å². The number of esters is 1. The molecule has 0 aliphatic rings. The lowest BCUT2D eigenvalue weighted by Gasteiger charge is -2.07. The van der Waals surface area contributed by atoms with Gasteiger partial charge in [-0.1, -0.05) is 28.1 Å². The Hall–Kier alpha value is -1.68. The van der Waals surface area contributed by atoms with Crippen LogP contribution in [0.1, 0.15) is 21.5 Å². The number of carbonyl (C=O) groups excluding carboxylic acids is 1. The van der Waals surface area contributed by atoms with E-state index in [2.05, 4.69) is 15.9 Å². The summed E-state index contributed by atoms with van der Waals surface area (Å²) in [5, 5.41) is 0. The molecule has 0 heterocycles. The van der Waals surface area contributed by atoms with E-state index in [4.69, 9.17) is 4.74 Å². The molecule has 0 aliphatic heterocycles. The molecule has 0 saturated heterocycles. The van der Waals surface area contributed by atoms with Gasteiger partial charge in [0.15, 0.2) is 0 Å². The van der Waals surface area contributed by atoms with Crippen molar-refractivity contribution in [2.24, 2.45) is 0 Å². The predicted octanol–water partition coefficient (Wildman–Crippen LogP) is 4.25. The molecule has 0 aliphatic carbocycles. The van der Waals surface area contributed by atoms with Crippen molar-refractivity contribution < 1.29 is 13.9 Å². The van der Waals surface area contributed by atoms with Gasteiger partial charge in [-0.15, -0.1) is 0 Å². The molecule has 0 saturated carbocycles. The molecule has 0 bridgehead atoms. The number of carbonyl (C=O) groups is 1. The van der Waals surface area contributed by atoms with Crippen molar-refractivity contribution in [2.75, 3.05) is 0 Å². The summed E-state index contributed by atoms with van der Waals surface area (Å²) in [4.78, 5) is 11.9. The van der Waals surface area contributed by atoms with Crippen LogP contribution in [-0.2, 0) is 11.3 Å². The Morgan fingerprint density at radius 2 is 2.05 bits per heavy atom. The summed E-state index contributed by atoms with van der Waals surface area (Å²) in [7, 11) is 0. The summed E-state index contributed by atoms with van der Waals surface area (Å²) in [5.41, 5.74) is 1.85. The Balaban J connectivity index is 2.05. The second kappa shape index (κ2) is 5.97. The van der Waals surface area contributed by atoms with Gasteiger partial charge in [0.1, 0.15) is 12.4 Å². The van der Waals surface area contributed by atoms with Crippen LogP contribution < -0.4 is 0 Å². The summed E-state index contributed by atoms with van der Waals surface area (Å²) in [6, 6.07) is 11.5. The first-order valence-electron chi connectivity index (χ1n) is 5.74. The number of hydrogen-bond acceptors (Lipinski definition) is 2. The van der Waals surface area contributed by atoms with Gasteiger partial charge in [0.2, 0.25) is 0 Å². The Morgan fingerprint density at radius 3 is 2.74 bits per heavy atom. The monoisotopic (exact) mass is 322 g/mol. The van der Waals surface area contributed by atoms with Crippen LogP contribution >= 0.6 is 15.9 Å². The predicted molar refractivity (Wildman–Crippen MR) is 74.4 cm³/mol. The molecule has 2 rings (SSSR count). The molecule has 0 N–H and O–H groups in total. The molecule has 0 atom stereocenters. The van der Waals surface area contributed by atoms with Gasteiger partial charge in [-0.05, 0) is 48.4 Å². The van der Waals surface area contributed by atoms with Crippen LogP contribution in [0, 0.1) is 12.7 Å². The molecular weight excluding hydrogens is 311 g/mol. The van der Waals surface area contributed by atoms with E-state index in [0.29, 0.717) is 11.1 Å². The lowest BCUT2D eigenvalue weighted by molar-refractivity contribution is 0.0472. The Morgan fingerprint density at radius 1 is 1.26 bits per heavy atom. The molecule has 4 heteroatoms. The van der Waals surface area contributed by atoms with Crippen molar-refractivity contribution in [1.29, 1.82) is 0 Å². The van der Waals surface area contributed by atoms with Crippen LogP contribution in [0.25, 0.3) is 0 Å². The van der Waals surface area contributed by atoms with E-state index < -0.39 is 5.97 Å². The lowest BCUT2D eigenvalue weighted by Crippen LogP contribution is -2.07. The number of ether oxygens (including phenoxy) is 1. The average Bonchev–Trinajstić information content (AvgIpc) is 2.36. The first-order chi connectivity index (χ1) is 9.06. The minimum absolute atomic E-state index is 0.190. The highest BCUT2D eigenvalue weighted by Gasteiger charge is 2.11. The number of aryl methyl sites for hydroxylation is 1. The zero-order valence-electron chi connectivity index (χ0n) is 10.3. The first-order valence-corrected chi connectivity index (χ1v) is 6.53. The maximum Gasteiger partial charge on any atom is 0.338 e. The molecule has 19 heavy (non-hydrogen) atoms. The first kappa shape index (κ1) is 13.7. The normalized spacial score (nSPS) is 10.3. The fraction of sp³-hybridized carbons (Fsp3) is 0.133. The highest BCUT2D eigenvalue weighted by atomic mass is 79.9. The Kier molecular flexibility index (Phi) is 4.32. The van der Waals surface area contributed by atoms with Crippen molar-refractivity contribution in [3.05, 3.63) is 69.4 Å². The molecule has 0 aromatic heterocycles. The Bertz CT molecular complexity index is 611. The highest BCUT2D eigenvalue weighted by molar-refractivity contribution is 9.10. The topological polar surface area (TPSA) is 26.3 Å². The third-order valence-electron chi connectivity index (χ3n) is 2.67. The van der Waals surface area contributed by atoms with Crippen LogP contribution in [0.2, 0.25) is 0 Å². The zero-order chi connectivity index (χ0) is 13.8. The van der Waals surface area contributed by atoms with E-state index in [-0.39, 0.29) is 12.4 Å². The van der Waals surface area contributed by atoms with Crippen LogP contribution in [0.5, 0.6) is 0 Å². The molecule has 98 valence electrons. The van der Waals surface area contributed by atoms with Crippen molar-refractivity contribution in [1.82, 2.24) is 0 Å². The summed E-state index contributed by atoms with van der Waals surface area (Å²) >= 11 is 3.35. The largest absolute Gasteiger partial charge is 0.457 e. The van der Waals surface area contributed by atoms with Crippen molar-refractivity contribution in [2.45, 2.75) is 13.5 Å². The van der Waals surface area contributed by atoms with Gasteiger partial charge in [-0.2, -0.15) is 0 Å². The number of halogens is 2. The smallest absolute Gasteiger partial charge is 0.338 e. The summed E-state index contributed by atoms with van der Waals surface area (Å²) in [6.07, 6.45) is 0. The van der Waals surface area contributed by atoms with Crippen molar-refractivity contribution in [3.8, 4) is 0 Å². The van der Waals surface area contributed by atoms with E-state index >= 15 is 0 Å². The summed E-state index contributed by atoms with van der Waals surface area (Å²) in [5.74, 6) is -0.807. The Labute approximate surface area is 119 Å². The standard InChI is InChI=1S/C15H12BrFO2/c1-10-7-13(17)5-6-14(10)15(18)19-9-11-3-2-4-12(16)8-11/h2-8H,9H2,1H3. The fourth-order valence-corrected chi connectivity index (χ4v) is 2.16. The molecule has 0 fully saturated rings. The molecule has 0 unspecified atom stereocenters. The number of hydrogen-bond donors (Lipinski definition) is 0. The minimum atomic E-state index is -0.447. The van der Waals surface area contributed by atoms with Crippen LogP contribution in [0.4, 0.5) is 4.39 Å². The SMILES string of the molecule is Cc1cc(F)ccc1C(=O)OCc1cccc(Br)c1. The van der Waals surface area contributed by atoms with Gasteiger partial charge in [-0.25, -0.2) is 9.18 Å². The third-order valence-corrected chi connectivity index (χ3v) is 3.16. The molecule has 2 nitrogen and oxygen atoms in total. The van der Waals surface area contributed by atoms with Gasteiger partial charge in [0.25, 0.3) is 0 Å². The quantitative estimate of drug-likeness (QED) is 0.789. The molecule has 2 aromatic carbocycles. The molecule has 2 aromatic rings.